The summed E-state index contributed by atoms with van der Waals surface area (Å²) in [6, 6.07) is 5.55. The van der Waals surface area contributed by atoms with Crippen LogP contribution in [0, 0.1) is 0 Å². The van der Waals surface area contributed by atoms with E-state index in [4.69, 9.17) is 5.73 Å². The Kier molecular flexibility index (Phi) is 3.07. The zero-order valence-corrected chi connectivity index (χ0v) is 8.13. The third-order valence-electron chi connectivity index (χ3n) is 2.17. The lowest BCUT2D eigenvalue weighted by Crippen LogP contribution is -2.00. The van der Waals surface area contributed by atoms with Crippen molar-refractivity contribution < 1.29 is 4.79 Å². The van der Waals surface area contributed by atoms with Crippen LogP contribution in [0.2, 0.25) is 0 Å². The van der Waals surface area contributed by atoms with E-state index in [1.165, 1.54) is 0 Å². The van der Waals surface area contributed by atoms with Crippen LogP contribution in [0.4, 0.5) is 5.69 Å². The molecule has 0 fully saturated rings. The van der Waals surface area contributed by atoms with E-state index in [-0.39, 0.29) is 5.78 Å². The van der Waals surface area contributed by atoms with Gasteiger partial charge in [0, 0.05) is 17.7 Å². The Morgan fingerprint density at radius 3 is 2.54 bits per heavy atom. The largest absolute Gasteiger partial charge is 0.398 e. The summed E-state index contributed by atoms with van der Waals surface area (Å²) >= 11 is 0. The molecule has 0 spiro atoms. The van der Waals surface area contributed by atoms with Crippen LogP contribution < -0.4 is 5.73 Å². The molecule has 0 radical (unpaired) electrons. The van der Waals surface area contributed by atoms with Crippen molar-refractivity contribution >= 4 is 11.5 Å². The van der Waals surface area contributed by atoms with Crippen molar-refractivity contribution in [2.45, 2.75) is 26.7 Å². The molecule has 0 aromatic heterocycles. The second-order valence-electron chi connectivity index (χ2n) is 3.04. The monoisotopic (exact) mass is 177 g/mol. The third-order valence-corrected chi connectivity index (χ3v) is 2.17. The number of aryl methyl sites for hydroxylation is 1. The predicted molar refractivity (Wildman–Crippen MR) is 54.9 cm³/mol. The van der Waals surface area contributed by atoms with Gasteiger partial charge in [-0.15, -0.1) is 0 Å². The van der Waals surface area contributed by atoms with Crippen LogP contribution >= 0.6 is 0 Å². The number of Topliss-reactive ketones (excluding diaryl/α,β-unsaturated/α-hetero) is 1. The lowest BCUT2D eigenvalue weighted by Gasteiger charge is -2.04. The molecule has 2 N–H and O–H groups in total. The van der Waals surface area contributed by atoms with E-state index in [0.29, 0.717) is 6.42 Å². The van der Waals surface area contributed by atoms with Gasteiger partial charge in [0.25, 0.3) is 0 Å². The molecule has 0 atom stereocenters. The molecule has 0 saturated carbocycles. The zero-order valence-electron chi connectivity index (χ0n) is 8.13. The van der Waals surface area contributed by atoms with Gasteiger partial charge in [0.1, 0.15) is 0 Å². The maximum atomic E-state index is 11.3. The normalized spacial score (nSPS) is 10.0. The Morgan fingerprint density at radius 1 is 1.38 bits per heavy atom. The first-order valence-corrected chi connectivity index (χ1v) is 4.60. The van der Waals surface area contributed by atoms with Crippen molar-refractivity contribution in [2.24, 2.45) is 0 Å². The Labute approximate surface area is 78.8 Å². The summed E-state index contributed by atoms with van der Waals surface area (Å²) < 4.78 is 0. The molecule has 1 rings (SSSR count). The second-order valence-corrected chi connectivity index (χ2v) is 3.04. The first-order chi connectivity index (χ1) is 6.19. The van der Waals surface area contributed by atoms with Gasteiger partial charge in [0.15, 0.2) is 5.78 Å². The van der Waals surface area contributed by atoms with Gasteiger partial charge in [-0.1, -0.05) is 26.0 Å². The highest BCUT2D eigenvalue weighted by Crippen LogP contribution is 2.15. The van der Waals surface area contributed by atoms with E-state index >= 15 is 0 Å². The summed E-state index contributed by atoms with van der Waals surface area (Å²) in [7, 11) is 0. The molecule has 0 aliphatic heterocycles. The number of carbonyl (C=O) groups excluding carboxylic acids is 1. The summed E-state index contributed by atoms with van der Waals surface area (Å²) in [4.78, 5) is 11.3. The first kappa shape index (κ1) is 9.78. The molecule has 1 aromatic carbocycles. The summed E-state index contributed by atoms with van der Waals surface area (Å²) in [6.45, 7) is 3.90. The fourth-order valence-corrected chi connectivity index (χ4v) is 1.29. The molecule has 0 bridgehead atoms. The van der Waals surface area contributed by atoms with Crippen molar-refractivity contribution in [3.63, 3.8) is 0 Å². The standard InChI is InChI=1S/C11H15NO/c1-3-8-5-6-9(7-10(8)12)11(13)4-2/h5-7H,3-4,12H2,1-2H3. The van der Waals surface area contributed by atoms with Crippen molar-refractivity contribution in [2.75, 3.05) is 5.73 Å². The molecule has 0 aliphatic rings. The van der Waals surface area contributed by atoms with Gasteiger partial charge in [-0.2, -0.15) is 0 Å². The van der Waals surface area contributed by atoms with E-state index in [0.717, 1.165) is 23.2 Å². The molecule has 2 heteroatoms. The third kappa shape index (κ3) is 2.08. The molecule has 1 aromatic rings. The number of nitrogens with two attached hydrogens (primary N) is 1. The number of hydrogen-bond acceptors (Lipinski definition) is 2. The van der Waals surface area contributed by atoms with Crippen molar-refractivity contribution in [3.05, 3.63) is 29.3 Å². The Balaban J connectivity index is 3.02. The number of carbonyl (C=O) groups is 1. The molecule has 70 valence electrons. The van der Waals surface area contributed by atoms with E-state index in [1.807, 2.05) is 26.0 Å². The fraction of sp³-hybridized carbons (Fsp3) is 0.364. The molecular formula is C11H15NO. The van der Waals surface area contributed by atoms with Crippen LogP contribution in [-0.2, 0) is 6.42 Å². The van der Waals surface area contributed by atoms with Gasteiger partial charge in [-0.05, 0) is 18.1 Å². The van der Waals surface area contributed by atoms with E-state index in [2.05, 4.69) is 0 Å². The van der Waals surface area contributed by atoms with Crippen LogP contribution in [0.15, 0.2) is 18.2 Å². The van der Waals surface area contributed by atoms with E-state index in [1.54, 1.807) is 6.07 Å². The maximum absolute atomic E-state index is 11.3. The molecule has 13 heavy (non-hydrogen) atoms. The average molecular weight is 177 g/mol. The zero-order chi connectivity index (χ0) is 9.84. The smallest absolute Gasteiger partial charge is 0.162 e. The Morgan fingerprint density at radius 2 is 2.08 bits per heavy atom. The van der Waals surface area contributed by atoms with Crippen molar-refractivity contribution in [1.29, 1.82) is 0 Å². The van der Waals surface area contributed by atoms with Gasteiger partial charge in [-0.25, -0.2) is 0 Å². The van der Waals surface area contributed by atoms with Crippen LogP contribution in [0.1, 0.15) is 36.2 Å². The fourth-order valence-electron chi connectivity index (χ4n) is 1.29. The van der Waals surface area contributed by atoms with Gasteiger partial charge >= 0.3 is 0 Å². The van der Waals surface area contributed by atoms with E-state index < -0.39 is 0 Å². The highest BCUT2D eigenvalue weighted by molar-refractivity contribution is 5.96. The summed E-state index contributed by atoms with van der Waals surface area (Å²) in [6.07, 6.45) is 1.44. The first-order valence-electron chi connectivity index (χ1n) is 4.60. The molecule has 2 nitrogen and oxygen atoms in total. The van der Waals surface area contributed by atoms with Crippen molar-refractivity contribution in [3.8, 4) is 0 Å². The van der Waals surface area contributed by atoms with Gasteiger partial charge in [0.05, 0.1) is 0 Å². The van der Waals surface area contributed by atoms with Crippen LogP contribution in [0.25, 0.3) is 0 Å². The number of rotatable bonds is 3. The molecule has 0 heterocycles. The Bertz CT molecular complexity index is 318. The number of benzene rings is 1. The number of ketones is 1. The van der Waals surface area contributed by atoms with Gasteiger partial charge in [0.2, 0.25) is 0 Å². The lowest BCUT2D eigenvalue weighted by molar-refractivity contribution is 0.0988. The summed E-state index contributed by atoms with van der Waals surface area (Å²) in [5.74, 6) is 0.148. The lowest BCUT2D eigenvalue weighted by atomic mass is 10.0. The number of anilines is 1. The SMILES string of the molecule is CCC(=O)c1ccc(CC)c(N)c1. The topological polar surface area (TPSA) is 43.1 Å². The second kappa shape index (κ2) is 4.08. The van der Waals surface area contributed by atoms with Crippen molar-refractivity contribution in [1.82, 2.24) is 0 Å². The van der Waals surface area contributed by atoms with Crippen LogP contribution in [0.3, 0.4) is 0 Å². The van der Waals surface area contributed by atoms with Gasteiger partial charge in [-0.3, -0.25) is 4.79 Å². The minimum absolute atomic E-state index is 0.148. The Hall–Kier alpha value is -1.31. The van der Waals surface area contributed by atoms with Crippen LogP contribution in [0.5, 0.6) is 0 Å². The maximum Gasteiger partial charge on any atom is 0.162 e. The quantitative estimate of drug-likeness (QED) is 0.569. The minimum atomic E-state index is 0.148. The predicted octanol–water partition coefficient (Wildman–Crippen LogP) is 2.42. The number of hydrogen-bond donors (Lipinski definition) is 1. The molecule has 0 amide bonds. The summed E-state index contributed by atoms with van der Waals surface area (Å²) in [5.41, 5.74) is 8.32. The molecule has 0 unspecified atom stereocenters. The summed E-state index contributed by atoms with van der Waals surface area (Å²) in [5, 5.41) is 0. The minimum Gasteiger partial charge on any atom is -0.398 e. The number of nitrogen functional groups attached to an aromatic ring is 1. The highest BCUT2D eigenvalue weighted by atomic mass is 16.1. The van der Waals surface area contributed by atoms with Gasteiger partial charge < -0.3 is 5.73 Å². The highest BCUT2D eigenvalue weighted by Gasteiger charge is 2.04. The van der Waals surface area contributed by atoms with Crippen LogP contribution in [-0.4, -0.2) is 5.78 Å². The average Bonchev–Trinajstić information content (AvgIpc) is 2.16. The molecular weight excluding hydrogens is 162 g/mol. The molecule has 0 aliphatic carbocycles. The van der Waals surface area contributed by atoms with E-state index in [9.17, 15) is 4.79 Å². The molecule has 0 saturated heterocycles.